The zero-order valence-corrected chi connectivity index (χ0v) is 9.84. The van der Waals surface area contributed by atoms with Gasteiger partial charge < -0.3 is 11.1 Å². The predicted octanol–water partition coefficient (Wildman–Crippen LogP) is 1.24. The second-order valence-corrected chi connectivity index (χ2v) is 6.43. The maximum Gasteiger partial charge on any atom is 0.207 e. The van der Waals surface area contributed by atoms with Gasteiger partial charge in [-0.25, -0.2) is 0 Å². The van der Waals surface area contributed by atoms with Crippen molar-refractivity contribution in [2.45, 2.75) is 25.0 Å². The SMILES string of the molecule is CC(C)(CNC=O)SSCCCN. The summed E-state index contributed by atoms with van der Waals surface area (Å²) in [4.78, 5) is 10.1. The van der Waals surface area contributed by atoms with Crippen molar-refractivity contribution in [3.8, 4) is 0 Å². The molecule has 0 spiro atoms. The lowest BCUT2D eigenvalue weighted by atomic mass is 10.2. The van der Waals surface area contributed by atoms with Crippen molar-refractivity contribution in [1.29, 1.82) is 0 Å². The summed E-state index contributed by atoms with van der Waals surface area (Å²) in [7, 11) is 3.61. The Kier molecular flexibility index (Phi) is 7.60. The predicted molar refractivity (Wildman–Crippen MR) is 61.9 cm³/mol. The van der Waals surface area contributed by atoms with Crippen LogP contribution < -0.4 is 11.1 Å². The summed E-state index contributed by atoms with van der Waals surface area (Å²) in [5.74, 6) is 1.08. The maximum absolute atomic E-state index is 10.1. The highest BCUT2D eigenvalue weighted by molar-refractivity contribution is 8.77. The van der Waals surface area contributed by atoms with Crippen LogP contribution in [0, 0.1) is 0 Å². The van der Waals surface area contributed by atoms with Crippen LogP contribution in [0.2, 0.25) is 0 Å². The monoisotopic (exact) mass is 222 g/mol. The molecule has 0 atom stereocenters. The average Bonchev–Trinajstić information content (AvgIpc) is 2.09. The van der Waals surface area contributed by atoms with Crippen molar-refractivity contribution in [1.82, 2.24) is 5.32 Å². The number of hydrogen-bond acceptors (Lipinski definition) is 4. The van der Waals surface area contributed by atoms with Crippen molar-refractivity contribution >= 4 is 28.0 Å². The largest absolute Gasteiger partial charge is 0.357 e. The van der Waals surface area contributed by atoms with E-state index in [1.807, 2.05) is 10.8 Å². The molecule has 0 aliphatic heterocycles. The summed E-state index contributed by atoms with van der Waals surface area (Å²) in [6, 6.07) is 0. The Bertz CT molecular complexity index is 142. The van der Waals surface area contributed by atoms with E-state index in [9.17, 15) is 4.79 Å². The van der Waals surface area contributed by atoms with Gasteiger partial charge in [0.1, 0.15) is 0 Å². The molecule has 0 aliphatic rings. The van der Waals surface area contributed by atoms with Crippen molar-refractivity contribution in [3.05, 3.63) is 0 Å². The van der Waals surface area contributed by atoms with Gasteiger partial charge in [-0.3, -0.25) is 4.79 Å². The van der Waals surface area contributed by atoms with Gasteiger partial charge in [0, 0.05) is 17.0 Å². The van der Waals surface area contributed by atoms with Crippen molar-refractivity contribution in [3.63, 3.8) is 0 Å². The molecule has 0 aromatic carbocycles. The van der Waals surface area contributed by atoms with Crippen LogP contribution in [-0.4, -0.2) is 30.0 Å². The molecular weight excluding hydrogens is 204 g/mol. The number of carbonyl (C=O) groups is 1. The molecule has 1 amide bonds. The molecule has 5 heteroatoms. The van der Waals surface area contributed by atoms with Gasteiger partial charge in [-0.2, -0.15) is 0 Å². The maximum atomic E-state index is 10.1. The number of amides is 1. The number of rotatable bonds is 8. The minimum Gasteiger partial charge on any atom is -0.357 e. The molecule has 0 aromatic heterocycles. The third-order valence-corrected chi connectivity index (χ3v) is 4.70. The Hall–Kier alpha value is 0.130. The zero-order chi connectivity index (χ0) is 10.2. The van der Waals surface area contributed by atoms with E-state index in [-0.39, 0.29) is 4.75 Å². The molecule has 0 fully saturated rings. The average molecular weight is 222 g/mol. The molecular formula is C8H18N2OS2. The highest BCUT2D eigenvalue weighted by Gasteiger charge is 2.17. The fourth-order valence-electron chi connectivity index (χ4n) is 0.660. The first-order valence-electron chi connectivity index (χ1n) is 4.30. The smallest absolute Gasteiger partial charge is 0.207 e. The second kappa shape index (κ2) is 7.53. The first-order valence-corrected chi connectivity index (χ1v) is 6.62. The molecule has 0 aliphatic carbocycles. The molecule has 0 heterocycles. The van der Waals surface area contributed by atoms with E-state index in [2.05, 4.69) is 19.2 Å². The van der Waals surface area contributed by atoms with Crippen molar-refractivity contribution in [2.24, 2.45) is 5.73 Å². The Morgan fingerprint density at radius 2 is 2.23 bits per heavy atom. The third kappa shape index (κ3) is 8.46. The van der Waals surface area contributed by atoms with Gasteiger partial charge >= 0.3 is 0 Å². The van der Waals surface area contributed by atoms with Gasteiger partial charge in [0.25, 0.3) is 0 Å². The lowest BCUT2D eigenvalue weighted by Gasteiger charge is -2.22. The Labute approximate surface area is 88.0 Å². The highest BCUT2D eigenvalue weighted by Crippen LogP contribution is 2.35. The van der Waals surface area contributed by atoms with Crippen LogP contribution in [0.1, 0.15) is 20.3 Å². The van der Waals surface area contributed by atoms with E-state index in [0.29, 0.717) is 6.54 Å². The van der Waals surface area contributed by atoms with Crippen LogP contribution in [0.15, 0.2) is 0 Å². The summed E-state index contributed by atoms with van der Waals surface area (Å²) in [6.45, 7) is 5.69. The summed E-state index contributed by atoms with van der Waals surface area (Å²) < 4.78 is 0.0974. The summed E-state index contributed by atoms with van der Waals surface area (Å²) >= 11 is 0. The summed E-state index contributed by atoms with van der Waals surface area (Å²) in [6.07, 6.45) is 1.79. The van der Waals surface area contributed by atoms with Gasteiger partial charge in [0.15, 0.2) is 0 Å². The van der Waals surface area contributed by atoms with E-state index >= 15 is 0 Å². The van der Waals surface area contributed by atoms with Crippen LogP contribution in [0.25, 0.3) is 0 Å². The first-order chi connectivity index (χ1) is 6.12. The molecule has 0 aromatic rings. The summed E-state index contributed by atoms with van der Waals surface area (Å²) in [5.41, 5.74) is 5.38. The number of nitrogens with one attached hydrogen (secondary N) is 1. The molecule has 78 valence electrons. The van der Waals surface area contributed by atoms with Gasteiger partial charge in [-0.1, -0.05) is 21.6 Å². The molecule has 0 bridgehead atoms. The Balaban J connectivity index is 3.44. The molecule has 0 radical (unpaired) electrons. The minimum absolute atomic E-state index is 0.0974. The van der Waals surface area contributed by atoms with E-state index in [4.69, 9.17) is 5.73 Å². The second-order valence-electron chi connectivity index (χ2n) is 3.31. The van der Waals surface area contributed by atoms with Crippen LogP contribution in [-0.2, 0) is 4.79 Å². The molecule has 3 nitrogen and oxygen atoms in total. The van der Waals surface area contributed by atoms with E-state index < -0.39 is 0 Å². The van der Waals surface area contributed by atoms with Crippen LogP contribution in [0.3, 0.4) is 0 Å². The fourth-order valence-corrected chi connectivity index (χ4v) is 3.23. The standard InChI is InChI=1S/C8H18N2OS2/c1-8(2,6-10-7-11)13-12-5-3-4-9/h7H,3-6,9H2,1-2H3,(H,10,11). The van der Waals surface area contributed by atoms with Crippen LogP contribution >= 0.6 is 21.6 Å². The van der Waals surface area contributed by atoms with E-state index in [1.165, 1.54) is 0 Å². The quantitative estimate of drug-likeness (QED) is 0.368. The van der Waals surface area contributed by atoms with E-state index in [1.54, 1.807) is 10.8 Å². The zero-order valence-electron chi connectivity index (χ0n) is 8.21. The van der Waals surface area contributed by atoms with Crippen LogP contribution in [0.5, 0.6) is 0 Å². The number of nitrogens with two attached hydrogens (primary N) is 1. The fraction of sp³-hybridized carbons (Fsp3) is 0.875. The molecule has 13 heavy (non-hydrogen) atoms. The summed E-state index contributed by atoms with van der Waals surface area (Å²) in [5, 5.41) is 2.69. The normalized spacial score (nSPS) is 11.3. The molecule has 3 N–H and O–H groups in total. The molecule has 0 rings (SSSR count). The Morgan fingerprint density at radius 3 is 2.77 bits per heavy atom. The van der Waals surface area contributed by atoms with Crippen molar-refractivity contribution < 1.29 is 4.79 Å². The highest BCUT2D eigenvalue weighted by atomic mass is 33.1. The molecule has 0 saturated carbocycles. The van der Waals surface area contributed by atoms with E-state index in [0.717, 1.165) is 25.1 Å². The number of hydrogen-bond donors (Lipinski definition) is 2. The number of carbonyl (C=O) groups excluding carboxylic acids is 1. The Morgan fingerprint density at radius 1 is 1.54 bits per heavy atom. The molecule has 0 unspecified atom stereocenters. The topological polar surface area (TPSA) is 55.1 Å². The van der Waals surface area contributed by atoms with Gasteiger partial charge in [0.05, 0.1) is 0 Å². The minimum atomic E-state index is 0.0974. The lowest BCUT2D eigenvalue weighted by Crippen LogP contribution is -2.30. The van der Waals surface area contributed by atoms with Crippen LogP contribution in [0.4, 0.5) is 0 Å². The van der Waals surface area contributed by atoms with Gasteiger partial charge in [-0.05, 0) is 26.8 Å². The lowest BCUT2D eigenvalue weighted by molar-refractivity contribution is -0.109. The third-order valence-electron chi connectivity index (χ3n) is 1.33. The first kappa shape index (κ1) is 13.1. The van der Waals surface area contributed by atoms with Gasteiger partial charge in [-0.15, -0.1) is 0 Å². The molecule has 0 saturated heterocycles. The van der Waals surface area contributed by atoms with Crippen molar-refractivity contribution in [2.75, 3.05) is 18.8 Å². The van der Waals surface area contributed by atoms with Gasteiger partial charge in [0.2, 0.25) is 6.41 Å².